The molecule has 0 radical (unpaired) electrons. The molecule has 0 atom stereocenters. The Kier molecular flexibility index (Phi) is 4.52. The predicted molar refractivity (Wildman–Crippen MR) is 88.7 cm³/mol. The number of anilines is 2. The van der Waals surface area contributed by atoms with Gasteiger partial charge in [-0.3, -0.25) is 9.59 Å². The van der Waals surface area contributed by atoms with E-state index < -0.39 is 6.55 Å². The number of fused-ring (bicyclic) bond motifs is 1. The van der Waals surface area contributed by atoms with Gasteiger partial charge in [0.05, 0.1) is 23.5 Å². The van der Waals surface area contributed by atoms with Gasteiger partial charge in [0.1, 0.15) is 0 Å². The molecule has 25 heavy (non-hydrogen) atoms. The van der Waals surface area contributed by atoms with Gasteiger partial charge in [0.2, 0.25) is 11.8 Å². The zero-order valence-corrected chi connectivity index (χ0v) is 13.9. The second-order valence-corrected chi connectivity index (χ2v) is 5.91. The quantitative estimate of drug-likeness (QED) is 0.927. The third-order valence-electron chi connectivity index (χ3n) is 4.32. The fourth-order valence-corrected chi connectivity index (χ4v) is 3.01. The van der Waals surface area contributed by atoms with Crippen molar-refractivity contribution in [3.63, 3.8) is 0 Å². The monoisotopic (exact) mass is 348 g/mol. The molecule has 2 heterocycles. The number of nitrogens with zero attached hydrogens (tertiary/aromatic N) is 3. The number of hydrogen-bond donors (Lipinski definition) is 1. The Bertz CT molecular complexity index is 832. The summed E-state index contributed by atoms with van der Waals surface area (Å²) in [5.41, 5.74) is 2.35. The summed E-state index contributed by atoms with van der Waals surface area (Å²) < 4.78 is 26.6. The van der Waals surface area contributed by atoms with Gasteiger partial charge in [-0.1, -0.05) is 12.1 Å². The summed E-state index contributed by atoms with van der Waals surface area (Å²) in [7, 11) is 0. The van der Waals surface area contributed by atoms with E-state index in [9.17, 15) is 18.4 Å². The fourth-order valence-electron chi connectivity index (χ4n) is 3.01. The number of aromatic nitrogens is 2. The Morgan fingerprint density at radius 2 is 2.04 bits per heavy atom. The number of halogens is 2. The van der Waals surface area contributed by atoms with Crippen LogP contribution in [0.1, 0.15) is 29.9 Å². The van der Waals surface area contributed by atoms with Crippen molar-refractivity contribution in [2.75, 3.05) is 16.8 Å². The highest BCUT2D eigenvalue weighted by atomic mass is 19.3. The van der Waals surface area contributed by atoms with Crippen molar-refractivity contribution < 1.29 is 18.4 Å². The van der Waals surface area contributed by atoms with Gasteiger partial charge < -0.3 is 10.2 Å². The van der Waals surface area contributed by atoms with Crippen LogP contribution in [0.5, 0.6) is 0 Å². The van der Waals surface area contributed by atoms with Gasteiger partial charge in [-0.2, -0.15) is 13.9 Å². The predicted octanol–water partition coefficient (Wildman–Crippen LogP) is 2.81. The summed E-state index contributed by atoms with van der Waals surface area (Å²) in [5, 5.41) is 6.58. The number of benzene rings is 1. The number of carbonyl (C=O) groups excluding carboxylic acids is 2. The van der Waals surface area contributed by atoms with Gasteiger partial charge in [0.25, 0.3) is 0 Å². The van der Waals surface area contributed by atoms with Crippen molar-refractivity contribution in [3.05, 3.63) is 41.2 Å². The summed E-state index contributed by atoms with van der Waals surface area (Å²) in [6.45, 7) is 0.623. The molecule has 0 unspecified atom stereocenters. The van der Waals surface area contributed by atoms with E-state index in [2.05, 4.69) is 10.4 Å². The Labute approximate surface area is 143 Å². The number of amides is 2. The highest BCUT2D eigenvalue weighted by molar-refractivity contribution is 6.04. The molecule has 2 amide bonds. The van der Waals surface area contributed by atoms with Gasteiger partial charge >= 0.3 is 6.55 Å². The first-order valence-electron chi connectivity index (χ1n) is 7.90. The van der Waals surface area contributed by atoms with Crippen LogP contribution in [-0.4, -0.2) is 28.1 Å². The van der Waals surface area contributed by atoms with E-state index in [0.29, 0.717) is 27.3 Å². The fraction of sp³-hybridized carbons (Fsp3) is 0.353. The lowest BCUT2D eigenvalue weighted by Gasteiger charge is -2.22. The molecular weight excluding hydrogens is 330 g/mol. The van der Waals surface area contributed by atoms with E-state index >= 15 is 0 Å². The largest absolute Gasteiger partial charge is 0.333 e. The number of aryl methyl sites for hydroxylation is 1. The zero-order valence-electron chi connectivity index (χ0n) is 13.9. The van der Waals surface area contributed by atoms with Crippen LogP contribution in [0.3, 0.4) is 0 Å². The van der Waals surface area contributed by atoms with Crippen molar-refractivity contribution in [3.8, 4) is 0 Å². The van der Waals surface area contributed by atoms with E-state index in [1.54, 1.807) is 31.2 Å². The first-order valence-corrected chi connectivity index (χ1v) is 7.90. The topological polar surface area (TPSA) is 67.2 Å². The molecule has 0 spiro atoms. The lowest BCUT2D eigenvalue weighted by molar-refractivity contribution is -0.118. The van der Waals surface area contributed by atoms with Crippen molar-refractivity contribution in [1.29, 1.82) is 0 Å². The minimum absolute atomic E-state index is 0.0487. The number of carbonyl (C=O) groups is 2. The highest BCUT2D eigenvalue weighted by Crippen LogP contribution is 2.29. The number of nitrogens with one attached hydrogen (secondary N) is 1. The molecule has 2 aromatic rings. The normalized spacial score (nSPS) is 14.3. The van der Waals surface area contributed by atoms with E-state index in [4.69, 9.17) is 0 Å². The van der Waals surface area contributed by atoms with Crippen molar-refractivity contribution in [1.82, 2.24) is 9.78 Å². The van der Waals surface area contributed by atoms with Crippen LogP contribution in [0.15, 0.2) is 24.3 Å². The standard InChI is InChI=1S/C17H18F2N4O2/c1-10-12(11(2)23(21-10)17(18)19)9-16(25)22-8-7-15(24)20-13-5-3-4-6-14(13)22/h3-6,17H,7-9H2,1-2H3,(H,20,24). The highest BCUT2D eigenvalue weighted by Gasteiger charge is 2.26. The number of para-hydroxylation sites is 2. The van der Waals surface area contributed by atoms with Gasteiger partial charge in [0.15, 0.2) is 0 Å². The first kappa shape index (κ1) is 17.1. The van der Waals surface area contributed by atoms with Crippen molar-refractivity contribution >= 4 is 23.2 Å². The molecule has 0 aliphatic carbocycles. The summed E-state index contributed by atoms with van der Waals surface area (Å²) in [4.78, 5) is 26.2. The second-order valence-electron chi connectivity index (χ2n) is 5.91. The Morgan fingerprint density at radius 3 is 2.72 bits per heavy atom. The summed E-state index contributed by atoms with van der Waals surface area (Å²) in [5.74, 6) is -0.426. The average molecular weight is 348 g/mol. The van der Waals surface area contributed by atoms with Crippen LogP contribution in [0.4, 0.5) is 20.2 Å². The molecule has 1 aliphatic rings. The molecule has 0 saturated heterocycles. The first-order chi connectivity index (χ1) is 11.9. The summed E-state index contributed by atoms with van der Waals surface area (Å²) in [6, 6.07) is 7.03. The molecule has 0 fully saturated rings. The SMILES string of the molecule is Cc1nn(C(F)F)c(C)c1CC(=O)N1CCC(=O)Nc2ccccc21. The molecule has 132 valence electrons. The Hall–Kier alpha value is -2.77. The number of rotatable bonds is 3. The molecule has 1 N–H and O–H groups in total. The Morgan fingerprint density at radius 1 is 1.32 bits per heavy atom. The van der Waals surface area contributed by atoms with Crippen molar-refractivity contribution in [2.24, 2.45) is 0 Å². The number of alkyl halides is 2. The molecular formula is C17H18F2N4O2. The zero-order chi connectivity index (χ0) is 18.1. The minimum atomic E-state index is -2.75. The maximum Gasteiger partial charge on any atom is 0.333 e. The van der Waals surface area contributed by atoms with Crippen LogP contribution < -0.4 is 10.2 Å². The van der Waals surface area contributed by atoms with Gasteiger partial charge in [-0.25, -0.2) is 4.68 Å². The van der Waals surface area contributed by atoms with Crippen LogP contribution in [0, 0.1) is 13.8 Å². The molecule has 8 heteroatoms. The van der Waals surface area contributed by atoms with E-state index in [1.165, 1.54) is 11.8 Å². The molecule has 0 saturated carbocycles. The minimum Gasteiger partial charge on any atom is -0.324 e. The number of hydrogen-bond acceptors (Lipinski definition) is 3. The summed E-state index contributed by atoms with van der Waals surface area (Å²) in [6.07, 6.45) is 0.127. The Balaban J connectivity index is 1.91. The lowest BCUT2D eigenvalue weighted by Crippen LogP contribution is -2.33. The van der Waals surface area contributed by atoms with Crippen LogP contribution in [-0.2, 0) is 16.0 Å². The maximum atomic E-state index is 13.0. The molecule has 3 rings (SSSR count). The molecule has 1 aromatic heterocycles. The lowest BCUT2D eigenvalue weighted by atomic mass is 10.1. The van der Waals surface area contributed by atoms with E-state index in [1.807, 2.05) is 0 Å². The molecule has 6 nitrogen and oxygen atoms in total. The van der Waals surface area contributed by atoms with Crippen LogP contribution in [0.25, 0.3) is 0 Å². The van der Waals surface area contributed by atoms with Gasteiger partial charge in [-0.05, 0) is 26.0 Å². The molecule has 0 bridgehead atoms. The third-order valence-corrected chi connectivity index (χ3v) is 4.32. The average Bonchev–Trinajstić information content (AvgIpc) is 2.75. The van der Waals surface area contributed by atoms with Gasteiger partial charge in [-0.15, -0.1) is 0 Å². The molecule has 1 aliphatic heterocycles. The third kappa shape index (κ3) is 3.24. The van der Waals surface area contributed by atoms with Gasteiger partial charge in [0, 0.05) is 24.2 Å². The second kappa shape index (κ2) is 6.62. The maximum absolute atomic E-state index is 13.0. The van der Waals surface area contributed by atoms with Crippen LogP contribution >= 0.6 is 0 Å². The van der Waals surface area contributed by atoms with Crippen molar-refractivity contribution in [2.45, 2.75) is 33.2 Å². The van der Waals surface area contributed by atoms with E-state index in [-0.39, 0.29) is 36.9 Å². The smallest absolute Gasteiger partial charge is 0.324 e. The summed E-state index contributed by atoms with van der Waals surface area (Å²) >= 11 is 0. The van der Waals surface area contributed by atoms with E-state index in [0.717, 1.165) is 0 Å². The molecule has 1 aromatic carbocycles. The van der Waals surface area contributed by atoms with Crippen LogP contribution in [0.2, 0.25) is 0 Å².